The minimum Gasteiger partial charge on any atom is -0.476 e. The first-order chi connectivity index (χ1) is 14.8. The molecule has 4 rings (SSSR count). The van der Waals surface area contributed by atoms with E-state index in [1.165, 1.54) is 13.8 Å². The van der Waals surface area contributed by atoms with Gasteiger partial charge in [-0.05, 0) is 18.8 Å². The van der Waals surface area contributed by atoms with Crippen molar-refractivity contribution in [2.24, 2.45) is 5.92 Å². The number of nitrogens with zero attached hydrogens (tertiary/aromatic N) is 3. The van der Waals surface area contributed by atoms with Gasteiger partial charge in [0.1, 0.15) is 10.8 Å². The number of esters is 2. The van der Waals surface area contributed by atoms with Crippen molar-refractivity contribution in [1.82, 2.24) is 14.5 Å². The summed E-state index contributed by atoms with van der Waals surface area (Å²) in [6.45, 7) is 2.27. The first-order valence-corrected chi connectivity index (χ1v) is 10.5. The lowest BCUT2D eigenvalue weighted by molar-refractivity contribution is -0.165. The molecule has 168 valence electrons. The molecule has 0 aromatic carbocycles. The maximum Gasteiger partial charge on any atom is 0.311 e. The SMILES string of the molecule is CC(=O)O[C@@H]1[C@H](OC(C)=O)[C@@H](CO)O[C@H]1n1c(=O)sc2c(OCC3CC3)nc(N)nc21. The molecule has 12 nitrogen and oxygen atoms in total. The number of aliphatic hydroxyl groups excluding tert-OH is 1. The van der Waals surface area contributed by atoms with Gasteiger partial charge < -0.3 is 29.8 Å². The molecule has 13 heteroatoms. The van der Waals surface area contributed by atoms with Gasteiger partial charge in [-0.15, -0.1) is 0 Å². The molecule has 1 saturated heterocycles. The quantitative estimate of drug-likeness (QED) is 0.540. The second-order valence-electron chi connectivity index (χ2n) is 7.43. The van der Waals surface area contributed by atoms with Crippen LogP contribution in [0.1, 0.15) is 32.9 Å². The average molecular weight is 454 g/mol. The van der Waals surface area contributed by atoms with Gasteiger partial charge in [0.15, 0.2) is 24.1 Å². The Labute approximate surface area is 179 Å². The molecule has 0 spiro atoms. The number of aromatic nitrogens is 3. The van der Waals surface area contributed by atoms with Crippen LogP contribution in [0.15, 0.2) is 4.79 Å². The minimum atomic E-state index is -1.21. The third-order valence-electron chi connectivity index (χ3n) is 4.92. The van der Waals surface area contributed by atoms with Gasteiger partial charge >= 0.3 is 16.8 Å². The van der Waals surface area contributed by atoms with E-state index in [1.54, 1.807) is 0 Å². The molecule has 3 heterocycles. The summed E-state index contributed by atoms with van der Waals surface area (Å²) in [6.07, 6.45) is -2.41. The molecule has 3 N–H and O–H groups in total. The van der Waals surface area contributed by atoms with E-state index in [2.05, 4.69) is 9.97 Å². The number of carbonyl (C=O) groups is 2. The number of nitrogen functional groups attached to an aromatic ring is 1. The van der Waals surface area contributed by atoms with Crippen LogP contribution in [0.25, 0.3) is 10.3 Å². The number of hydrogen-bond acceptors (Lipinski definition) is 12. The smallest absolute Gasteiger partial charge is 0.311 e. The molecule has 2 fully saturated rings. The van der Waals surface area contributed by atoms with Crippen molar-refractivity contribution in [3.05, 3.63) is 9.67 Å². The van der Waals surface area contributed by atoms with Crippen LogP contribution >= 0.6 is 11.3 Å². The van der Waals surface area contributed by atoms with Crippen molar-refractivity contribution in [3.8, 4) is 5.88 Å². The van der Waals surface area contributed by atoms with Crippen molar-refractivity contribution in [3.63, 3.8) is 0 Å². The van der Waals surface area contributed by atoms with Crippen LogP contribution < -0.4 is 15.3 Å². The molecule has 1 aliphatic heterocycles. The predicted octanol–water partition coefficient (Wildman–Crippen LogP) is -0.0229. The highest BCUT2D eigenvalue weighted by molar-refractivity contribution is 7.16. The van der Waals surface area contributed by atoms with Crippen molar-refractivity contribution in [1.29, 1.82) is 0 Å². The molecule has 31 heavy (non-hydrogen) atoms. The minimum absolute atomic E-state index is 0.109. The van der Waals surface area contributed by atoms with E-state index in [-0.39, 0.29) is 17.5 Å². The lowest BCUT2D eigenvalue weighted by atomic mass is 10.1. The molecule has 0 amide bonds. The van der Waals surface area contributed by atoms with Gasteiger partial charge in [0.25, 0.3) is 0 Å². The highest BCUT2D eigenvalue weighted by Gasteiger charge is 2.51. The van der Waals surface area contributed by atoms with Crippen LogP contribution in [0.4, 0.5) is 5.95 Å². The number of anilines is 1. The van der Waals surface area contributed by atoms with Gasteiger partial charge in [-0.25, -0.2) is 0 Å². The number of fused-ring (bicyclic) bond motifs is 1. The van der Waals surface area contributed by atoms with Crippen LogP contribution in [0, 0.1) is 5.92 Å². The summed E-state index contributed by atoms with van der Waals surface area (Å²) in [7, 11) is 0. The van der Waals surface area contributed by atoms with E-state index < -0.39 is 48.0 Å². The van der Waals surface area contributed by atoms with E-state index in [1.807, 2.05) is 0 Å². The van der Waals surface area contributed by atoms with Gasteiger partial charge in [0.05, 0.1) is 13.2 Å². The van der Waals surface area contributed by atoms with Crippen LogP contribution in [0.3, 0.4) is 0 Å². The largest absolute Gasteiger partial charge is 0.476 e. The molecule has 0 bridgehead atoms. The first kappa shape index (κ1) is 21.5. The maximum absolute atomic E-state index is 12.9. The van der Waals surface area contributed by atoms with Gasteiger partial charge in [0.2, 0.25) is 11.8 Å². The van der Waals surface area contributed by atoms with Crippen LogP contribution in [0.5, 0.6) is 5.88 Å². The van der Waals surface area contributed by atoms with Crippen molar-refractivity contribution >= 4 is 39.6 Å². The zero-order valence-corrected chi connectivity index (χ0v) is 17.7. The summed E-state index contributed by atoms with van der Waals surface area (Å²) in [4.78, 5) is 44.0. The lowest BCUT2D eigenvalue weighted by Gasteiger charge is -2.23. The number of aliphatic hydroxyl groups is 1. The highest BCUT2D eigenvalue weighted by atomic mass is 32.1. The Morgan fingerprint density at radius 3 is 2.52 bits per heavy atom. The number of carbonyl (C=O) groups excluding carboxylic acids is 2. The normalized spacial score (nSPS) is 25.5. The number of ether oxygens (including phenoxy) is 4. The molecular weight excluding hydrogens is 432 g/mol. The fourth-order valence-electron chi connectivity index (χ4n) is 3.43. The summed E-state index contributed by atoms with van der Waals surface area (Å²) in [5, 5.41) is 9.71. The maximum atomic E-state index is 12.9. The van der Waals surface area contributed by atoms with Gasteiger partial charge in [-0.3, -0.25) is 19.0 Å². The number of nitrogens with two attached hydrogens (primary N) is 1. The molecule has 0 unspecified atom stereocenters. The Morgan fingerprint density at radius 2 is 1.90 bits per heavy atom. The van der Waals surface area contributed by atoms with E-state index in [0.717, 1.165) is 28.7 Å². The molecular formula is C18H22N4O8S. The molecule has 2 aromatic rings. The summed E-state index contributed by atoms with van der Waals surface area (Å²) >= 11 is 0.829. The molecule has 1 aliphatic carbocycles. The second kappa shape index (κ2) is 8.40. The van der Waals surface area contributed by atoms with Gasteiger partial charge in [-0.2, -0.15) is 9.97 Å². The third-order valence-corrected chi connectivity index (χ3v) is 5.86. The zero-order chi connectivity index (χ0) is 22.3. The fraction of sp³-hybridized carbons (Fsp3) is 0.611. The Bertz CT molecular complexity index is 1060. The second-order valence-corrected chi connectivity index (χ2v) is 8.39. The summed E-state index contributed by atoms with van der Waals surface area (Å²) in [6, 6.07) is 0. The predicted molar refractivity (Wildman–Crippen MR) is 106 cm³/mol. The fourth-order valence-corrected chi connectivity index (χ4v) is 4.32. The summed E-state index contributed by atoms with van der Waals surface area (Å²) in [5.41, 5.74) is 5.97. The Hall–Kier alpha value is -2.77. The summed E-state index contributed by atoms with van der Waals surface area (Å²) < 4.78 is 23.6. The van der Waals surface area contributed by atoms with E-state index in [4.69, 9.17) is 24.7 Å². The lowest BCUT2D eigenvalue weighted by Crippen LogP contribution is -2.40. The monoisotopic (exact) mass is 454 g/mol. The molecule has 0 radical (unpaired) electrons. The molecule has 4 atom stereocenters. The Morgan fingerprint density at radius 1 is 1.23 bits per heavy atom. The van der Waals surface area contributed by atoms with E-state index in [9.17, 15) is 19.5 Å². The highest BCUT2D eigenvalue weighted by Crippen LogP contribution is 2.37. The van der Waals surface area contributed by atoms with Crippen molar-refractivity contribution < 1.29 is 33.6 Å². The van der Waals surface area contributed by atoms with E-state index >= 15 is 0 Å². The van der Waals surface area contributed by atoms with Crippen LogP contribution in [-0.2, 0) is 23.8 Å². The Balaban J connectivity index is 1.78. The van der Waals surface area contributed by atoms with Gasteiger partial charge in [0, 0.05) is 13.8 Å². The number of thiazole rings is 1. The van der Waals surface area contributed by atoms with Crippen molar-refractivity contribution in [2.75, 3.05) is 18.9 Å². The molecule has 2 aromatic heterocycles. The Kier molecular flexibility index (Phi) is 5.81. The zero-order valence-electron chi connectivity index (χ0n) is 16.8. The molecule has 2 aliphatic rings. The topological polar surface area (TPSA) is 165 Å². The van der Waals surface area contributed by atoms with Crippen LogP contribution in [-0.4, -0.2) is 63.1 Å². The summed E-state index contributed by atoms with van der Waals surface area (Å²) in [5.74, 6) is -0.805. The van der Waals surface area contributed by atoms with Crippen LogP contribution in [0.2, 0.25) is 0 Å². The van der Waals surface area contributed by atoms with E-state index in [0.29, 0.717) is 17.2 Å². The number of hydrogen-bond donors (Lipinski definition) is 2. The average Bonchev–Trinajstić information content (AvgIpc) is 3.39. The standard InChI is InChI=1S/C18H22N4O8S/c1-7(24)28-11-10(5-23)30-16(12(11)29-8(2)25)22-14-13(31-18(22)26)15(21-17(19)20-14)27-6-9-3-4-9/h9-12,16,23H,3-6H2,1-2H3,(H2,19,20,21)/t10-,11-,12-,16-/m1/s1. The van der Waals surface area contributed by atoms with Gasteiger partial charge in [-0.1, -0.05) is 11.3 Å². The first-order valence-electron chi connectivity index (χ1n) is 9.70. The number of rotatable bonds is 7. The molecule has 1 saturated carbocycles. The van der Waals surface area contributed by atoms with Crippen molar-refractivity contribution in [2.45, 2.75) is 51.2 Å². The third kappa shape index (κ3) is 4.34.